The molecule has 0 fully saturated rings. The number of hydrogen-bond acceptors (Lipinski definition) is 4. The van der Waals surface area contributed by atoms with Crippen molar-refractivity contribution in [3.63, 3.8) is 0 Å². The van der Waals surface area contributed by atoms with Crippen molar-refractivity contribution in [2.45, 2.75) is 40.2 Å². The van der Waals surface area contributed by atoms with E-state index in [1.807, 2.05) is 13.8 Å². The largest absolute Gasteiger partial charge is 0.310 e. The molecule has 1 N–H and O–H groups in total. The molecule has 19 heavy (non-hydrogen) atoms. The summed E-state index contributed by atoms with van der Waals surface area (Å²) in [6, 6.07) is 2.27. The van der Waals surface area contributed by atoms with Crippen molar-refractivity contribution in [1.29, 1.82) is 0 Å². The van der Waals surface area contributed by atoms with Crippen molar-refractivity contribution in [3.05, 3.63) is 28.6 Å². The third-order valence-corrected chi connectivity index (χ3v) is 4.19. The van der Waals surface area contributed by atoms with E-state index in [9.17, 15) is 8.42 Å². The van der Waals surface area contributed by atoms with Gasteiger partial charge in [0.05, 0.1) is 5.75 Å². The highest BCUT2D eigenvalue weighted by molar-refractivity contribution is 7.90. The second kappa shape index (κ2) is 6.48. The van der Waals surface area contributed by atoms with Gasteiger partial charge < -0.3 is 5.32 Å². The molecule has 1 unspecified atom stereocenters. The lowest BCUT2D eigenvalue weighted by molar-refractivity contribution is 0.556. The van der Waals surface area contributed by atoms with Gasteiger partial charge in [-0.25, -0.2) is 8.42 Å². The fourth-order valence-corrected chi connectivity index (χ4v) is 3.11. The van der Waals surface area contributed by atoms with Gasteiger partial charge >= 0.3 is 0 Å². The molecule has 0 saturated carbocycles. The summed E-state index contributed by atoms with van der Waals surface area (Å²) in [6.07, 6.45) is 1.91. The second-order valence-corrected chi connectivity index (χ2v) is 7.50. The topological polar surface area (TPSA) is 59.1 Å². The van der Waals surface area contributed by atoms with Gasteiger partial charge in [-0.05, 0) is 57.9 Å². The first-order valence-corrected chi connectivity index (χ1v) is 8.62. The lowest BCUT2D eigenvalue weighted by Crippen LogP contribution is -2.23. The fourth-order valence-electron chi connectivity index (χ4n) is 2.44. The predicted molar refractivity (Wildman–Crippen MR) is 79.2 cm³/mol. The molecule has 1 aromatic rings. The maximum Gasteiger partial charge on any atom is 0.147 e. The van der Waals surface area contributed by atoms with Crippen LogP contribution in [0.25, 0.3) is 0 Å². The van der Waals surface area contributed by atoms with Gasteiger partial charge in [-0.3, -0.25) is 4.98 Å². The van der Waals surface area contributed by atoms with Crippen molar-refractivity contribution >= 4 is 9.84 Å². The molecule has 1 aromatic heterocycles. The summed E-state index contributed by atoms with van der Waals surface area (Å²) in [7, 11) is -2.86. The number of aromatic nitrogens is 1. The van der Waals surface area contributed by atoms with Crippen LogP contribution in [0.3, 0.4) is 0 Å². The zero-order chi connectivity index (χ0) is 14.6. The zero-order valence-corrected chi connectivity index (χ0v) is 13.3. The minimum atomic E-state index is -2.86. The molecule has 5 heteroatoms. The van der Waals surface area contributed by atoms with E-state index in [-0.39, 0.29) is 11.8 Å². The van der Waals surface area contributed by atoms with Crippen LogP contribution in [0.5, 0.6) is 0 Å². The summed E-state index contributed by atoms with van der Waals surface area (Å²) in [5.74, 6) is 0.233. The smallest absolute Gasteiger partial charge is 0.147 e. The van der Waals surface area contributed by atoms with Crippen LogP contribution in [0.1, 0.15) is 41.9 Å². The molecule has 1 atom stereocenters. The van der Waals surface area contributed by atoms with Crippen molar-refractivity contribution in [2.75, 3.05) is 18.6 Å². The van der Waals surface area contributed by atoms with Crippen molar-refractivity contribution < 1.29 is 8.42 Å². The van der Waals surface area contributed by atoms with E-state index in [0.29, 0.717) is 13.0 Å². The van der Waals surface area contributed by atoms with Gasteiger partial charge in [-0.15, -0.1) is 0 Å². The van der Waals surface area contributed by atoms with Crippen LogP contribution in [-0.4, -0.2) is 32.0 Å². The quantitative estimate of drug-likeness (QED) is 0.813. The first-order chi connectivity index (χ1) is 8.70. The molecule has 1 heterocycles. The van der Waals surface area contributed by atoms with Crippen LogP contribution < -0.4 is 5.32 Å². The van der Waals surface area contributed by atoms with E-state index < -0.39 is 9.84 Å². The molecule has 0 radical (unpaired) electrons. The molecule has 4 nitrogen and oxygen atoms in total. The number of rotatable bonds is 6. The molecule has 108 valence electrons. The van der Waals surface area contributed by atoms with Crippen LogP contribution in [0.4, 0.5) is 0 Å². The number of sulfone groups is 1. The lowest BCUT2D eigenvalue weighted by atomic mass is 10.0. The summed E-state index contributed by atoms with van der Waals surface area (Å²) in [5.41, 5.74) is 4.52. The summed E-state index contributed by atoms with van der Waals surface area (Å²) in [4.78, 5) is 4.49. The molecule has 0 aliphatic rings. The predicted octanol–water partition coefficient (Wildman–Crippen LogP) is 2.09. The Morgan fingerprint density at radius 1 is 1.32 bits per heavy atom. The Labute approximate surface area is 116 Å². The Kier molecular flexibility index (Phi) is 5.50. The van der Waals surface area contributed by atoms with Gasteiger partial charge in [0.25, 0.3) is 0 Å². The van der Waals surface area contributed by atoms with Gasteiger partial charge in [-0.2, -0.15) is 0 Å². The lowest BCUT2D eigenvalue weighted by Gasteiger charge is -2.19. The zero-order valence-electron chi connectivity index (χ0n) is 12.4. The summed E-state index contributed by atoms with van der Waals surface area (Å²) in [5, 5.41) is 3.37. The Morgan fingerprint density at radius 2 is 1.95 bits per heavy atom. The van der Waals surface area contributed by atoms with Crippen LogP contribution >= 0.6 is 0 Å². The van der Waals surface area contributed by atoms with E-state index in [1.54, 1.807) is 0 Å². The third-order valence-electron chi connectivity index (χ3n) is 3.16. The number of hydrogen-bond donors (Lipinski definition) is 1. The van der Waals surface area contributed by atoms with E-state index >= 15 is 0 Å². The first kappa shape index (κ1) is 16.1. The van der Waals surface area contributed by atoms with E-state index in [1.165, 1.54) is 17.4 Å². The standard InChI is InChI=1S/C14H24N2O2S/c1-10-9-11(2)16-13(4)14(10)12(3)15-7-6-8-19(5,17)18/h9,12,15H,6-8H2,1-5H3. The van der Waals surface area contributed by atoms with Crippen LogP contribution in [0.15, 0.2) is 6.07 Å². The Balaban J connectivity index is 2.62. The third kappa shape index (κ3) is 5.28. The Morgan fingerprint density at radius 3 is 2.47 bits per heavy atom. The average Bonchev–Trinajstić information content (AvgIpc) is 2.21. The summed E-state index contributed by atoms with van der Waals surface area (Å²) in [6.45, 7) is 8.89. The van der Waals surface area contributed by atoms with Crippen molar-refractivity contribution in [1.82, 2.24) is 10.3 Å². The van der Waals surface area contributed by atoms with Crippen molar-refractivity contribution in [2.24, 2.45) is 0 Å². The second-order valence-electron chi connectivity index (χ2n) is 5.24. The van der Waals surface area contributed by atoms with Gasteiger partial charge in [0.15, 0.2) is 0 Å². The van der Waals surface area contributed by atoms with Crippen LogP contribution in [0.2, 0.25) is 0 Å². The SMILES string of the molecule is Cc1cc(C)c(C(C)NCCCS(C)(=O)=O)c(C)n1. The first-order valence-electron chi connectivity index (χ1n) is 6.56. The highest BCUT2D eigenvalue weighted by Gasteiger charge is 2.12. The summed E-state index contributed by atoms with van der Waals surface area (Å²) < 4.78 is 22.1. The summed E-state index contributed by atoms with van der Waals surface area (Å²) >= 11 is 0. The molecule has 0 saturated heterocycles. The molecule has 0 spiro atoms. The van der Waals surface area contributed by atoms with E-state index in [2.05, 4.69) is 30.2 Å². The molecular weight excluding hydrogens is 260 g/mol. The minimum absolute atomic E-state index is 0.188. The molecule has 0 bridgehead atoms. The maximum absolute atomic E-state index is 11.1. The van der Waals surface area contributed by atoms with E-state index in [4.69, 9.17) is 0 Å². The monoisotopic (exact) mass is 284 g/mol. The van der Waals surface area contributed by atoms with Gasteiger partial charge in [0.2, 0.25) is 0 Å². The van der Waals surface area contributed by atoms with Gasteiger partial charge in [0.1, 0.15) is 9.84 Å². The van der Waals surface area contributed by atoms with Crippen LogP contribution in [-0.2, 0) is 9.84 Å². The molecule has 0 aromatic carbocycles. The maximum atomic E-state index is 11.1. The molecular formula is C14H24N2O2S. The number of aryl methyl sites for hydroxylation is 3. The number of pyridine rings is 1. The Bertz CT molecular complexity index is 515. The normalized spacial score (nSPS) is 13.5. The molecule has 0 aliphatic carbocycles. The number of nitrogens with one attached hydrogen (secondary N) is 1. The van der Waals surface area contributed by atoms with Gasteiger partial charge in [0, 0.05) is 23.7 Å². The highest BCUT2D eigenvalue weighted by atomic mass is 32.2. The number of nitrogens with zero attached hydrogens (tertiary/aromatic N) is 1. The van der Waals surface area contributed by atoms with Gasteiger partial charge in [-0.1, -0.05) is 0 Å². The molecule has 0 amide bonds. The highest BCUT2D eigenvalue weighted by Crippen LogP contribution is 2.20. The fraction of sp³-hybridized carbons (Fsp3) is 0.643. The molecule has 0 aliphatic heterocycles. The minimum Gasteiger partial charge on any atom is -0.310 e. The van der Waals surface area contributed by atoms with Crippen LogP contribution in [0, 0.1) is 20.8 Å². The van der Waals surface area contributed by atoms with Crippen molar-refractivity contribution in [3.8, 4) is 0 Å². The molecule has 1 rings (SSSR count). The Hall–Kier alpha value is -0.940. The average molecular weight is 284 g/mol. The van der Waals surface area contributed by atoms with E-state index in [0.717, 1.165) is 11.4 Å².